The van der Waals surface area contributed by atoms with Gasteiger partial charge in [-0.3, -0.25) is 4.79 Å². The zero-order chi connectivity index (χ0) is 13.7. The largest absolute Gasteiger partial charge is 0.388 e. The van der Waals surface area contributed by atoms with E-state index in [0.717, 1.165) is 5.56 Å². The Morgan fingerprint density at radius 2 is 2.05 bits per heavy atom. The van der Waals surface area contributed by atoms with Crippen molar-refractivity contribution in [2.45, 2.75) is 12.5 Å². The molecule has 2 aromatic rings. The first-order valence-electron chi connectivity index (χ1n) is 5.91. The zero-order valence-corrected chi connectivity index (χ0v) is 11.0. The van der Waals surface area contributed by atoms with Crippen molar-refractivity contribution in [2.75, 3.05) is 6.54 Å². The summed E-state index contributed by atoms with van der Waals surface area (Å²) in [7, 11) is 0. The molecule has 2 N–H and O–H groups in total. The van der Waals surface area contributed by atoms with Gasteiger partial charge in [-0.15, -0.1) is 0 Å². The van der Waals surface area contributed by atoms with E-state index in [1.54, 1.807) is 0 Å². The van der Waals surface area contributed by atoms with Crippen LogP contribution in [0.1, 0.15) is 28.4 Å². The van der Waals surface area contributed by atoms with Crippen molar-refractivity contribution in [1.82, 2.24) is 5.32 Å². The predicted molar refractivity (Wildman–Crippen MR) is 72.6 cm³/mol. The third kappa shape index (κ3) is 3.87. The average molecular weight is 279 g/mol. The molecule has 0 aliphatic rings. The van der Waals surface area contributed by atoms with Gasteiger partial charge in [-0.25, -0.2) is 4.39 Å². The molecule has 1 atom stereocenters. The van der Waals surface area contributed by atoms with Gasteiger partial charge in [-0.2, -0.15) is 11.3 Å². The van der Waals surface area contributed by atoms with Crippen LogP contribution in [0.4, 0.5) is 4.39 Å². The Morgan fingerprint density at radius 1 is 1.32 bits per heavy atom. The van der Waals surface area contributed by atoms with Crippen molar-refractivity contribution in [1.29, 1.82) is 0 Å². The molecule has 1 aromatic heterocycles. The Balaban J connectivity index is 1.79. The molecule has 2 rings (SSSR count). The SMILES string of the molecule is O=C(NCCC(O)c1ccsc1)c1ccc(F)cc1. The number of amides is 1. The van der Waals surface area contributed by atoms with Crippen LogP contribution in [0.3, 0.4) is 0 Å². The summed E-state index contributed by atoms with van der Waals surface area (Å²) in [4.78, 5) is 11.7. The molecule has 3 nitrogen and oxygen atoms in total. The smallest absolute Gasteiger partial charge is 0.251 e. The van der Waals surface area contributed by atoms with Gasteiger partial charge < -0.3 is 10.4 Å². The van der Waals surface area contributed by atoms with Crippen LogP contribution in [0, 0.1) is 5.82 Å². The van der Waals surface area contributed by atoms with Gasteiger partial charge in [0, 0.05) is 12.1 Å². The molecule has 0 saturated heterocycles. The van der Waals surface area contributed by atoms with Crippen molar-refractivity contribution in [3.8, 4) is 0 Å². The first-order chi connectivity index (χ1) is 9.16. The summed E-state index contributed by atoms with van der Waals surface area (Å²) in [6.07, 6.45) is -0.122. The molecule has 0 saturated carbocycles. The van der Waals surface area contributed by atoms with Crippen LogP contribution in [0.5, 0.6) is 0 Å². The minimum absolute atomic E-state index is 0.266. The lowest BCUT2D eigenvalue weighted by atomic mass is 10.1. The second-order valence-corrected chi connectivity index (χ2v) is 4.90. The third-order valence-electron chi connectivity index (χ3n) is 2.74. The molecule has 100 valence electrons. The van der Waals surface area contributed by atoms with Crippen LogP contribution in [-0.2, 0) is 0 Å². The highest BCUT2D eigenvalue weighted by molar-refractivity contribution is 7.07. The Kier molecular flexibility index (Phi) is 4.65. The van der Waals surface area contributed by atoms with Crippen molar-refractivity contribution in [3.05, 3.63) is 58.0 Å². The van der Waals surface area contributed by atoms with Gasteiger partial charge in [0.2, 0.25) is 0 Å². The molecular formula is C14H14FNO2S. The van der Waals surface area contributed by atoms with Gasteiger partial charge in [-0.05, 0) is 53.1 Å². The molecule has 0 aliphatic carbocycles. The molecule has 0 radical (unpaired) electrons. The van der Waals surface area contributed by atoms with Crippen molar-refractivity contribution in [3.63, 3.8) is 0 Å². The monoisotopic (exact) mass is 279 g/mol. The molecule has 0 aliphatic heterocycles. The lowest BCUT2D eigenvalue weighted by molar-refractivity contribution is 0.0942. The van der Waals surface area contributed by atoms with Crippen LogP contribution >= 0.6 is 11.3 Å². The van der Waals surface area contributed by atoms with Gasteiger partial charge in [-0.1, -0.05) is 0 Å². The number of rotatable bonds is 5. The van der Waals surface area contributed by atoms with Crippen LogP contribution in [0.25, 0.3) is 0 Å². The highest BCUT2D eigenvalue weighted by Gasteiger charge is 2.09. The van der Waals surface area contributed by atoms with Gasteiger partial charge in [0.15, 0.2) is 0 Å². The number of benzene rings is 1. The Bertz CT molecular complexity index is 525. The topological polar surface area (TPSA) is 49.3 Å². The Morgan fingerprint density at radius 3 is 2.68 bits per heavy atom. The zero-order valence-electron chi connectivity index (χ0n) is 10.2. The highest BCUT2D eigenvalue weighted by Crippen LogP contribution is 2.18. The van der Waals surface area contributed by atoms with E-state index in [0.29, 0.717) is 18.5 Å². The fourth-order valence-electron chi connectivity index (χ4n) is 1.66. The molecular weight excluding hydrogens is 265 g/mol. The van der Waals surface area contributed by atoms with E-state index >= 15 is 0 Å². The lowest BCUT2D eigenvalue weighted by Crippen LogP contribution is -2.25. The first-order valence-corrected chi connectivity index (χ1v) is 6.85. The van der Waals surface area contributed by atoms with Gasteiger partial charge in [0.1, 0.15) is 5.82 Å². The molecule has 0 bridgehead atoms. The van der Waals surface area contributed by atoms with Gasteiger partial charge in [0.05, 0.1) is 6.10 Å². The minimum Gasteiger partial charge on any atom is -0.388 e. The number of thiophene rings is 1. The quantitative estimate of drug-likeness (QED) is 0.884. The molecule has 1 heterocycles. The molecule has 5 heteroatoms. The maximum atomic E-state index is 12.7. The van der Waals surface area contributed by atoms with Crippen LogP contribution < -0.4 is 5.32 Å². The maximum Gasteiger partial charge on any atom is 0.251 e. The molecule has 0 fully saturated rings. The number of aliphatic hydroxyl groups is 1. The highest BCUT2D eigenvalue weighted by atomic mass is 32.1. The van der Waals surface area contributed by atoms with Crippen molar-refractivity contribution < 1.29 is 14.3 Å². The van der Waals surface area contributed by atoms with E-state index in [1.165, 1.54) is 35.6 Å². The number of aliphatic hydroxyl groups excluding tert-OH is 1. The van der Waals surface area contributed by atoms with E-state index < -0.39 is 6.10 Å². The van der Waals surface area contributed by atoms with E-state index in [4.69, 9.17) is 0 Å². The van der Waals surface area contributed by atoms with Gasteiger partial charge in [0.25, 0.3) is 5.91 Å². The summed E-state index contributed by atoms with van der Waals surface area (Å²) < 4.78 is 12.7. The Labute approximate surface area is 114 Å². The number of nitrogens with one attached hydrogen (secondary N) is 1. The summed E-state index contributed by atoms with van der Waals surface area (Å²) in [5.74, 6) is -0.637. The van der Waals surface area contributed by atoms with E-state index in [2.05, 4.69) is 5.32 Å². The molecule has 1 amide bonds. The van der Waals surface area contributed by atoms with Crippen LogP contribution in [0.2, 0.25) is 0 Å². The number of halogens is 1. The Hall–Kier alpha value is -1.72. The summed E-state index contributed by atoms with van der Waals surface area (Å²) in [5.41, 5.74) is 1.27. The second kappa shape index (κ2) is 6.45. The van der Waals surface area contributed by atoms with E-state index in [1.807, 2.05) is 16.8 Å². The second-order valence-electron chi connectivity index (χ2n) is 4.12. The molecule has 1 unspecified atom stereocenters. The molecule has 0 spiro atoms. The number of hydrogen-bond donors (Lipinski definition) is 2. The van der Waals surface area contributed by atoms with Crippen LogP contribution in [0.15, 0.2) is 41.1 Å². The number of carbonyl (C=O) groups excluding carboxylic acids is 1. The predicted octanol–water partition coefficient (Wildman–Crippen LogP) is 2.74. The fourth-order valence-corrected chi connectivity index (χ4v) is 2.36. The summed E-state index contributed by atoms with van der Waals surface area (Å²) in [6, 6.07) is 7.21. The molecule has 19 heavy (non-hydrogen) atoms. The first kappa shape index (κ1) is 13.7. The van der Waals surface area contributed by atoms with Gasteiger partial charge >= 0.3 is 0 Å². The number of hydrogen-bond acceptors (Lipinski definition) is 3. The fraction of sp³-hybridized carbons (Fsp3) is 0.214. The van der Waals surface area contributed by atoms with E-state index in [9.17, 15) is 14.3 Å². The summed E-state index contributed by atoms with van der Waals surface area (Å²) in [6.45, 7) is 0.368. The third-order valence-corrected chi connectivity index (χ3v) is 3.44. The molecule has 1 aromatic carbocycles. The summed E-state index contributed by atoms with van der Waals surface area (Å²) >= 11 is 1.52. The number of carbonyl (C=O) groups is 1. The average Bonchev–Trinajstić information content (AvgIpc) is 2.93. The summed E-state index contributed by atoms with van der Waals surface area (Å²) in [5, 5.41) is 16.3. The standard InChI is InChI=1S/C14H14FNO2S/c15-12-3-1-10(2-4-12)14(18)16-7-5-13(17)11-6-8-19-9-11/h1-4,6,8-9,13,17H,5,7H2,(H,16,18). The van der Waals surface area contributed by atoms with E-state index in [-0.39, 0.29) is 11.7 Å². The normalized spacial score (nSPS) is 12.1. The van der Waals surface area contributed by atoms with Crippen LogP contribution in [-0.4, -0.2) is 17.6 Å². The maximum absolute atomic E-state index is 12.7. The minimum atomic E-state index is -0.570. The van der Waals surface area contributed by atoms with Crippen molar-refractivity contribution in [2.24, 2.45) is 0 Å². The van der Waals surface area contributed by atoms with Crippen molar-refractivity contribution >= 4 is 17.2 Å². The lowest BCUT2D eigenvalue weighted by Gasteiger charge is -2.10.